The van der Waals surface area contributed by atoms with Crippen molar-refractivity contribution >= 4 is 17.8 Å². The fraction of sp³-hybridized carbons (Fsp3) is 0.591. The maximum Gasteiger partial charge on any atom is 0.328 e. The number of benzene rings is 1. The van der Waals surface area contributed by atoms with Crippen molar-refractivity contribution in [1.82, 2.24) is 16.0 Å². The Hall–Kier alpha value is -2.41. The van der Waals surface area contributed by atoms with Gasteiger partial charge in [0.15, 0.2) is 0 Å². The molecule has 29 heavy (non-hydrogen) atoms. The molecule has 0 saturated heterocycles. The second-order valence-electron chi connectivity index (χ2n) is 7.98. The van der Waals surface area contributed by atoms with Crippen LogP contribution in [0.25, 0.3) is 0 Å². The summed E-state index contributed by atoms with van der Waals surface area (Å²) in [4.78, 5) is 37.8. The molecule has 0 radical (unpaired) electrons. The summed E-state index contributed by atoms with van der Waals surface area (Å²) in [5.74, 6) is -0.891. The van der Waals surface area contributed by atoms with E-state index in [9.17, 15) is 14.4 Å². The largest absolute Gasteiger partial charge is 0.467 e. The van der Waals surface area contributed by atoms with E-state index >= 15 is 0 Å². The zero-order valence-electron chi connectivity index (χ0n) is 18.3. The molecule has 0 aliphatic heterocycles. The number of hydrogen-bond acceptors (Lipinski definition) is 5. The normalized spacial score (nSPS) is 14.2. The Morgan fingerprint density at radius 1 is 0.931 bits per heavy atom. The first-order valence-electron chi connectivity index (χ1n) is 10.1. The second-order valence-corrected chi connectivity index (χ2v) is 7.98. The van der Waals surface area contributed by atoms with Crippen LogP contribution in [0.3, 0.4) is 0 Å². The first-order chi connectivity index (χ1) is 13.7. The van der Waals surface area contributed by atoms with Crippen molar-refractivity contribution in [1.29, 1.82) is 0 Å². The van der Waals surface area contributed by atoms with Crippen molar-refractivity contribution < 1.29 is 19.1 Å². The van der Waals surface area contributed by atoms with Crippen molar-refractivity contribution in [2.45, 2.75) is 58.7 Å². The quantitative estimate of drug-likeness (QED) is 0.487. The van der Waals surface area contributed by atoms with Gasteiger partial charge < -0.3 is 20.7 Å². The molecule has 0 spiro atoms. The maximum absolute atomic E-state index is 13.0. The first-order valence-corrected chi connectivity index (χ1v) is 10.1. The molecule has 1 aromatic rings. The highest BCUT2D eigenvalue weighted by molar-refractivity contribution is 5.92. The van der Waals surface area contributed by atoms with Gasteiger partial charge in [0.05, 0.1) is 13.2 Å². The lowest BCUT2D eigenvalue weighted by Crippen LogP contribution is -2.56. The fourth-order valence-corrected chi connectivity index (χ4v) is 3.19. The highest BCUT2D eigenvalue weighted by Crippen LogP contribution is 2.10. The van der Waals surface area contributed by atoms with Gasteiger partial charge in [-0.1, -0.05) is 58.0 Å². The summed E-state index contributed by atoms with van der Waals surface area (Å²) in [6, 6.07) is 7.43. The van der Waals surface area contributed by atoms with E-state index in [1.165, 1.54) is 7.11 Å². The lowest BCUT2D eigenvalue weighted by Gasteiger charge is -2.26. The molecule has 7 nitrogen and oxygen atoms in total. The predicted molar refractivity (Wildman–Crippen MR) is 113 cm³/mol. The summed E-state index contributed by atoms with van der Waals surface area (Å²) in [6.45, 7) is 7.83. The molecule has 0 saturated carbocycles. The number of carbonyl (C=O) groups is 3. The third-order valence-corrected chi connectivity index (χ3v) is 4.69. The molecule has 3 N–H and O–H groups in total. The highest BCUT2D eigenvalue weighted by Gasteiger charge is 2.30. The Morgan fingerprint density at radius 2 is 1.52 bits per heavy atom. The van der Waals surface area contributed by atoms with E-state index in [0.717, 1.165) is 5.56 Å². The predicted octanol–water partition coefficient (Wildman–Crippen LogP) is 1.66. The van der Waals surface area contributed by atoms with Gasteiger partial charge in [-0.3, -0.25) is 9.59 Å². The molecule has 1 rings (SSSR count). The summed E-state index contributed by atoms with van der Waals surface area (Å²) >= 11 is 0. The van der Waals surface area contributed by atoms with E-state index in [4.69, 9.17) is 4.74 Å². The van der Waals surface area contributed by atoms with Gasteiger partial charge in [-0.05, 0) is 30.9 Å². The van der Waals surface area contributed by atoms with Crippen LogP contribution in [-0.2, 0) is 25.5 Å². The Labute approximate surface area is 174 Å². The standard InChI is InChI=1S/C22H35N3O4/c1-14(2)12-17(24-21(27)19(23-5)15(3)4)20(26)25-18(22(28)29-6)13-16-10-8-7-9-11-16/h7-11,14-15,17-19,23H,12-13H2,1-6H3,(H,24,27)(H,25,26)/t17-,18-,19+/m0/s1. The van der Waals surface area contributed by atoms with Gasteiger partial charge in [-0.15, -0.1) is 0 Å². The molecule has 1 aromatic carbocycles. The van der Waals surface area contributed by atoms with Gasteiger partial charge in [0.1, 0.15) is 12.1 Å². The van der Waals surface area contributed by atoms with Crippen LogP contribution in [-0.4, -0.2) is 50.1 Å². The van der Waals surface area contributed by atoms with Crippen LogP contribution in [0.1, 0.15) is 39.7 Å². The Balaban J connectivity index is 2.94. The average molecular weight is 406 g/mol. The van der Waals surface area contributed by atoms with E-state index in [1.807, 2.05) is 58.0 Å². The topological polar surface area (TPSA) is 96.5 Å². The molecule has 0 bridgehead atoms. The van der Waals surface area contributed by atoms with E-state index in [1.54, 1.807) is 7.05 Å². The van der Waals surface area contributed by atoms with Crippen LogP contribution >= 0.6 is 0 Å². The van der Waals surface area contributed by atoms with Gasteiger partial charge >= 0.3 is 5.97 Å². The second kappa shape index (κ2) is 12.2. The maximum atomic E-state index is 13.0. The van der Waals surface area contributed by atoms with Crippen molar-refractivity contribution in [3.05, 3.63) is 35.9 Å². The SMILES string of the molecule is CN[C@@H](C(=O)N[C@@H](CC(C)C)C(=O)N[C@@H](Cc1ccccc1)C(=O)OC)C(C)C. The highest BCUT2D eigenvalue weighted by atomic mass is 16.5. The number of esters is 1. The number of rotatable bonds is 11. The monoisotopic (exact) mass is 405 g/mol. The summed E-state index contributed by atoms with van der Waals surface area (Å²) in [5, 5.41) is 8.59. The summed E-state index contributed by atoms with van der Waals surface area (Å²) in [7, 11) is 3.01. The molecule has 162 valence electrons. The van der Waals surface area contributed by atoms with Crippen LogP contribution in [0, 0.1) is 11.8 Å². The molecule has 0 aromatic heterocycles. The number of amides is 2. The number of ether oxygens (including phenoxy) is 1. The number of hydrogen-bond donors (Lipinski definition) is 3. The Kier molecular flexibility index (Phi) is 10.4. The van der Waals surface area contributed by atoms with Gasteiger partial charge in [0.2, 0.25) is 11.8 Å². The average Bonchev–Trinajstić information content (AvgIpc) is 2.66. The summed E-state index contributed by atoms with van der Waals surface area (Å²) < 4.78 is 4.86. The molecule has 0 aliphatic carbocycles. The zero-order valence-corrected chi connectivity index (χ0v) is 18.3. The molecule has 0 heterocycles. The lowest BCUT2D eigenvalue weighted by atomic mass is 9.99. The number of carbonyl (C=O) groups excluding carboxylic acids is 3. The minimum atomic E-state index is -0.827. The Morgan fingerprint density at radius 3 is 2.00 bits per heavy atom. The van der Waals surface area contributed by atoms with Gasteiger partial charge in [0.25, 0.3) is 0 Å². The molecule has 0 fully saturated rings. The van der Waals surface area contributed by atoms with Crippen molar-refractivity contribution in [2.75, 3.05) is 14.2 Å². The van der Waals surface area contributed by atoms with E-state index in [-0.39, 0.29) is 17.7 Å². The fourth-order valence-electron chi connectivity index (χ4n) is 3.19. The molecule has 0 aliphatic rings. The number of nitrogens with one attached hydrogen (secondary N) is 3. The van der Waals surface area contributed by atoms with Crippen molar-refractivity contribution in [3.63, 3.8) is 0 Å². The Bertz CT molecular complexity index is 661. The molecule has 7 heteroatoms. The van der Waals surface area contributed by atoms with Crippen LogP contribution in [0.2, 0.25) is 0 Å². The van der Waals surface area contributed by atoms with E-state index in [2.05, 4.69) is 16.0 Å². The van der Waals surface area contributed by atoms with E-state index in [0.29, 0.717) is 12.8 Å². The third kappa shape index (κ3) is 8.23. The van der Waals surface area contributed by atoms with Gasteiger partial charge in [-0.25, -0.2) is 4.79 Å². The van der Waals surface area contributed by atoms with E-state index < -0.39 is 30.0 Å². The molecule has 3 atom stereocenters. The van der Waals surface area contributed by atoms with Crippen molar-refractivity contribution in [3.8, 4) is 0 Å². The zero-order chi connectivity index (χ0) is 22.0. The molecule has 0 unspecified atom stereocenters. The lowest BCUT2D eigenvalue weighted by molar-refractivity contribution is -0.145. The molecule has 2 amide bonds. The minimum absolute atomic E-state index is 0.0728. The third-order valence-electron chi connectivity index (χ3n) is 4.69. The number of methoxy groups -OCH3 is 1. The van der Waals surface area contributed by atoms with Crippen molar-refractivity contribution in [2.24, 2.45) is 11.8 Å². The minimum Gasteiger partial charge on any atom is -0.467 e. The molecular weight excluding hydrogens is 370 g/mol. The van der Waals surface area contributed by atoms with Crippen LogP contribution in [0.5, 0.6) is 0 Å². The van der Waals surface area contributed by atoms with Crippen LogP contribution in [0.15, 0.2) is 30.3 Å². The van der Waals surface area contributed by atoms with Gasteiger partial charge in [-0.2, -0.15) is 0 Å². The number of likely N-dealkylation sites (N-methyl/N-ethyl adjacent to an activating group) is 1. The summed E-state index contributed by atoms with van der Waals surface area (Å²) in [5.41, 5.74) is 0.905. The summed E-state index contributed by atoms with van der Waals surface area (Å²) in [6.07, 6.45) is 0.776. The van der Waals surface area contributed by atoms with Crippen LogP contribution < -0.4 is 16.0 Å². The molecular formula is C22H35N3O4. The smallest absolute Gasteiger partial charge is 0.328 e. The van der Waals surface area contributed by atoms with Crippen LogP contribution in [0.4, 0.5) is 0 Å². The first kappa shape index (κ1) is 24.6. The van der Waals surface area contributed by atoms with Gasteiger partial charge in [0, 0.05) is 6.42 Å².